The first-order valence-corrected chi connectivity index (χ1v) is 7.55. The number of halogens is 1. The molecule has 0 spiro atoms. The number of hydrogen-bond acceptors (Lipinski definition) is 3. The first-order chi connectivity index (χ1) is 10.7. The Balaban J connectivity index is 2.12. The van der Waals surface area contributed by atoms with E-state index >= 15 is 0 Å². The van der Waals surface area contributed by atoms with Crippen LogP contribution >= 0.6 is 11.6 Å². The van der Waals surface area contributed by atoms with E-state index in [1.807, 2.05) is 36.4 Å². The highest BCUT2D eigenvalue weighted by atomic mass is 35.5. The predicted molar refractivity (Wildman–Crippen MR) is 88.5 cm³/mol. The minimum absolute atomic E-state index is 0.0688. The predicted octanol–water partition coefficient (Wildman–Crippen LogP) is 2.78. The number of nitrogens with one attached hydrogen (secondary N) is 1. The number of benzene rings is 2. The SMILES string of the molecule is OCCCN=C1Nc2ccccc2C1(O)c1cccc(Cl)c1. The summed E-state index contributed by atoms with van der Waals surface area (Å²) in [5.41, 5.74) is 0.893. The maximum atomic E-state index is 11.4. The number of fused-ring (bicyclic) bond motifs is 1. The average Bonchev–Trinajstić information content (AvgIpc) is 2.82. The van der Waals surface area contributed by atoms with Gasteiger partial charge in [-0.25, -0.2) is 0 Å². The van der Waals surface area contributed by atoms with Crippen LogP contribution in [0, 0.1) is 0 Å². The Morgan fingerprint density at radius 1 is 1.14 bits per heavy atom. The van der Waals surface area contributed by atoms with Gasteiger partial charge in [0, 0.05) is 29.4 Å². The molecule has 1 aliphatic rings. The Morgan fingerprint density at radius 2 is 1.95 bits per heavy atom. The van der Waals surface area contributed by atoms with E-state index in [-0.39, 0.29) is 6.61 Å². The smallest absolute Gasteiger partial charge is 0.174 e. The highest BCUT2D eigenvalue weighted by molar-refractivity contribution is 6.30. The molecule has 1 unspecified atom stereocenters. The second kappa shape index (κ2) is 6.08. The Bertz CT molecular complexity index is 717. The number of aliphatic hydroxyl groups is 2. The third-order valence-corrected chi connectivity index (χ3v) is 3.98. The lowest BCUT2D eigenvalue weighted by molar-refractivity contribution is 0.160. The molecule has 0 aromatic heterocycles. The molecule has 5 heteroatoms. The minimum atomic E-state index is -1.35. The van der Waals surface area contributed by atoms with Crippen molar-refractivity contribution >= 4 is 23.1 Å². The summed E-state index contributed by atoms with van der Waals surface area (Å²) in [6.07, 6.45) is 0.549. The van der Waals surface area contributed by atoms with Gasteiger partial charge in [0.05, 0.1) is 0 Å². The minimum Gasteiger partial charge on any atom is -0.396 e. The molecule has 114 valence electrons. The van der Waals surface area contributed by atoms with Crippen LogP contribution in [0.5, 0.6) is 0 Å². The number of hydrogen-bond donors (Lipinski definition) is 3. The van der Waals surface area contributed by atoms with E-state index in [0.717, 1.165) is 11.3 Å². The third-order valence-electron chi connectivity index (χ3n) is 3.74. The standard InChI is InChI=1S/C17H17ClN2O2/c18-13-6-3-5-12(11-13)17(22)14-7-1-2-8-15(14)20-16(17)19-9-4-10-21/h1-3,5-8,11,21-22H,4,9-10H2,(H,19,20). The van der Waals surface area contributed by atoms with Crippen molar-refractivity contribution in [2.75, 3.05) is 18.5 Å². The zero-order valence-corrected chi connectivity index (χ0v) is 12.7. The van der Waals surface area contributed by atoms with Gasteiger partial charge in [0.25, 0.3) is 0 Å². The van der Waals surface area contributed by atoms with Gasteiger partial charge in [-0.2, -0.15) is 0 Å². The fraction of sp³-hybridized carbons (Fsp3) is 0.235. The zero-order chi connectivity index (χ0) is 15.6. The lowest BCUT2D eigenvalue weighted by atomic mass is 9.87. The molecular formula is C17H17ClN2O2. The maximum Gasteiger partial charge on any atom is 0.174 e. The van der Waals surface area contributed by atoms with Gasteiger partial charge in [-0.3, -0.25) is 4.99 Å². The average molecular weight is 317 g/mol. The highest BCUT2D eigenvalue weighted by Gasteiger charge is 2.44. The first-order valence-electron chi connectivity index (χ1n) is 7.17. The summed E-state index contributed by atoms with van der Waals surface area (Å²) < 4.78 is 0. The molecule has 3 rings (SSSR count). The van der Waals surface area contributed by atoms with Crippen molar-refractivity contribution in [2.45, 2.75) is 12.0 Å². The van der Waals surface area contributed by atoms with E-state index in [4.69, 9.17) is 16.7 Å². The van der Waals surface area contributed by atoms with Gasteiger partial charge in [-0.1, -0.05) is 41.9 Å². The Morgan fingerprint density at radius 3 is 2.73 bits per heavy atom. The molecule has 0 saturated heterocycles. The van der Waals surface area contributed by atoms with Crippen molar-refractivity contribution in [1.29, 1.82) is 0 Å². The number of aliphatic imine (C=N–C) groups is 1. The van der Waals surface area contributed by atoms with Crippen LogP contribution in [0.15, 0.2) is 53.5 Å². The van der Waals surface area contributed by atoms with Crippen molar-refractivity contribution < 1.29 is 10.2 Å². The van der Waals surface area contributed by atoms with Crippen molar-refractivity contribution in [3.63, 3.8) is 0 Å². The molecule has 0 amide bonds. The third kappa shape index (κ3) is 2.50. The van der Waals surface area contributed by atoms with Gasteiger partial charge < -0.3 is 15.5 Å². The van der Waals surface area contributed by atoms with Crippen molar-refractivity contribution in [3.8, 4) is 0 Å². The fourth-order valence-corrected chi connectivity index (χ4v) is 2.86. The maximum absolute atomic E-state index is 11.4. The monoisotopic (exact) mass is 316 g/mol. The fourth-order valence-electron chi connectivity index (χ4n) is 2.67. The summed E-state index contributed by atoms with van der Waals surface area (Å²) in [7, 11) is 0. The normalized spacial score (nSPS) is 21.7. The van der Waals surface area contributed by atoms with Gasteiger partial charge >= 0.3 is 0 Å². The van der Waals surface area contributed by atoms with Gasteiger partial charge in [0.1, 0.15) is 5.84 Å². The Kier molecular flexibility index (Phi) is 4.16. The molecule has 2 aromatic carbocycles. The van der Waals surface area contributed by atoms with Gasteiger partial charge in [0.2, 0.25) is 0 Å². The van der Waals surface area contributed by atoms with Crippen LogP contribution in [0.4, 0.5) is 5.69 Å². The lowest BCUT2D eigenvalue weighted by Crippen LogP contribution is -2.36. The van der Waals surface area contributed by atoms with E-state index in [1.54, 1.807) is 12.1 Å². The van der Waals surface area contributed by atoms with Crippen molar-refractivity contribution in [3.05, 3.63) is 64.7 Å². The largest absolute Gasteiger partial charge is 0.396 e. The molecule has 0 radical (unpaired) electrons. The summed E-state index contributed by atoms with van der Waals surface area (Å²) in [5, 5.41) is 24.0. The molecule has 1 aliphatic heterocycles. The van der Waals surface area contributed by atoms with Gasteiger partial charge in [0.15, 0.2) is 5.60 Å². The number of amidine groups is 1. The van der Waals surface area contributed by atoms with Crippen LogP contribution in [0.3, 0.4) is 0 Å². The summed E-state index contributed by atoms with van der Waals surface area (Å²) in [6.45, 7) is 0.509. The zero-order valence-electron chi connectivity index (χ0n) is 12.0. The van der Waals surface area contributed by atoms with Crippen LogP contribution in [0.25, 0.3) is 0 Å². The number of nitrogens with zero attached hydrogens (tertiary/aromatic N) is 1. The molecule has 0 saturated carbocycles. The molecule has 0 bridgehead atoms. The molecule has 1 heterocycles. The van der Waals surface area contributed by atoms with Crippen molar-refractivity contribution in [1.82, 2.24) is 0 Å². The van der Waals surface area contributed by atoms with Crippen LogP contribution < -0.4 is 5.32 Å². The highest BCUT2D eigenvalue weighted by Crippen LogP contribution is 2.41. The van der Waals surface area contributed by atoms with E-state index in [9.17, 15) is 5.11 Å². The molecule has 0 fully saturated rings. The molecular weight excluding hydrogens is 300 g/mol. The number of aliphatic hydroxyl groups excluding tert-OH is 1. The molecule has 0 aliphatic carbocycles. The van der Waals surface area contributed by atoms with E-state index < -0.39 is 5.60 Å². The lowest BCUT2D eigenvalue weighted by Gasteiger charge is -2.24. The summed E-state index contributed by atoms with van der Waals surface area (Å²) >= 11 is 6.08. The molecule has 3 N–H and O–H groups in total. The van der Waals surface area contributed by atoms with Crippen LogP contribution in [0.1, 0.15) is 17.5 Å². The molecule has 1 atom stereocenters. The molecule has 4 nitrogen and oxygen atoms in total. The summed E-state index contributed by atoms with van der Waals surface area (Å²) in [5.74, 6) is 0.462. The summed E-state index contributed by atoms with van der Waals surface area (Å²) in [6, 6.07) is 14.7. The Hall–Kier alpha value is -1.88. The van der Waals surface area contributed by atoms with E-state index in [0.29, 0.717) is 29.4 Å². The number of para-hydroxylation sites is 1. The second-order valence-electron chi connectivity index (χ2n) is 5.20. The quantitative estimate of drug-likeness (QED) is 0.760. The van der Waals surface area contributed by atoms with E-state index in [2.05, 4.69) is 10.3 Å². The second-order valence-corrected chi connectivity index (χ2v) is 5.64. The number of rotatable bonds is 4. The molecule has 22 heavy (non-hydrogen) atoms. The molecule has 2 aromatic rings. The Labute approximate surface area is 134 Å². The van der Waals surface area contributed by atoms with Gasteiger partial charge in [-0.05, 0) is 30.2 Å². The van der Waals surface area contributed by atoms with Gasteiger partial charge in [-0.15, -0.1) is 0 Å². The number of anilines is 1. The van der Waals surface area contributed by atoms with Crippen LogP contribution in [0.2, 0.25) is 5.02 Å². The van der Waals surface area contributed by atoms with E-state index in [1.165, 1.54) is 0 Å². The topological polar surface area (TPSA) is 64.9 Å². The van der Waals surface area contributed by atoms with Crippen molar-refractivity contribution in [2.24, 2.45) is 4.99 Å². The van der Waals surface area contributed by atoms with Crippen LogP contribution in [-0.2, 0) is 5.60 Å². The summed E-state index contributed by atoms with van der Waals surface area (Å²) in [4.78, 5) is 4.44. The van der Waals surface area contributed by atoms with Crippen LogP contribution in [-0.4, -0.2) is 29.2 Å². The first kappa shape index (κ1) is 15.0.